The van der Waals surface area contributed by atoms with E-state index in [1.165, 1.54) is 0 Å². The van der Waals surface area contributed by atoms with Crippen LogP contribution in [0.3, 0.4) is 0 Å². The summed E-state index contributed by atoms with van der Waals surface area (Å²) in [6.45, 7) is 2.43. The number of benzene rings is 1. The lowest BCUT2D eigenvalue weighted by Gasteiger charge is -2.15. The first-order chi connectivity index (χ1) is 10.7. The highest BCUT2D eigenvalue weighted by molar-refractivity contribution is 14.0. The van der Waals surface area contributed by atoms with Crippen molar-refractivity contribution in [3.63, 3.8) is 0 Å². The Kier molecular flexibility index (Phi) is 9.66. The average molecular weight is 454 g/mol. The van der Waals surface area contributed by atoms with E-state index in [4.69, 9.17) is 21.1 Å². The highest BCUT2D eigenvalue weighted by Gasteiger charge is 2.15. The molecule has 0 saturated carbocycles. The Bertz CT molecular complexity index is 508. The summed E-state index contributed by atoms with van der Waals surface area (Å²) in [6.07, 6.45) is 3.39. The van der Waals surface area contributed by atoms with E-state index in [0.29, 0.717) is 6.10 Å². The molecule has 0 bridgehead atoms. The first kappa shape index (κ1) is 20.3. The van der Waals surface area contributed by atoms with Gasteiger partial charge in [0.05, 0.1) is 13.2 Å². The first-order valence-corrected chi connectivity index (χ1v) is 7.99. The van der Waals surface area contributed by atoms with Gasteiger partial charge in [-0.25, -0.2) is 0 Å². The molecular weight excluding hydrogens is 429 g/mol. The number of rotatable bonds is 6. The standard InChI is InChI=1S/C16H24ClN3O2.HI/c1-18-16(20-11-14-4-3-9-22-14)19-8-7-12-5-6-13(21-2)10-15(12)17;/h5-6,10,14H,3-4,7-9,11H2,1-2H3,(H2,18,19,20);1H. The van der Waals surface area contributed by atoms with Crippen LogP contribution >= 0.6 is 35.6 Å². The van der Waals surface area contributed by atoms with Crippen molar-refractivity contribution < 1.29 is 9.47 Å². The number of hydrogen-bond donors (Lipinski definition) is 2. The van der Waals surface area contributed by atoms with Crippen molar-refractivity contribution in [2.24, 2.45) is 4.99 Å². The smallest absolute Gasteiger partial charge is 0.191 e. The van der Waals surface area contributed by atoms with E-state index < -0.39 is 0 Å². The average Bonchev–Trinajstić information content (AvgIpc) is 3.05. The molecule has 2 N–H and O–H groups in total. The van der Waals surface area contributed by atoms with Gasteiger partial charge >= 0.3 is 0 Å². The molecule has 23 heavy (non-hydrogen) atoms. The lowest BCUT2D eigenvalue weighted by molar-refractivity contribution is 0.114. The maximum absolute atomic E-state index is 6.23. The third-order valence-electron chi connectivity index (χ3n) is 3.69. The molecular formula is C16H25ClIN3O2. The summed E-state index contributed by atoms with van der Waals surface area (Å²) in [5.41, 5.74) is 1.09. The molecule has 1 aromatic rings. The van der Waals surface area contributed by atoms with Gasteiger partial charge in [0, 0.05) is 31.8 Å². The molecule has 5 nitrogen and oxygen atoms in total. The van der Waals surface area contributed by atoms with Crippen LogP contribution in [0.15, 0.2) is 23.2 Å². The van der Waals surface area contributed by atoms with Crippen LogP contribution < -0.4 is 15.4 Å². The zero-order valence-electron chi connectivity index (χ0n) is 13.6. The zero-order valence-corrected chi connectivity index (χ0v) is 16.7. The van der Waals surface area contributed by atoms with Crippen molar-refractivity contribution in [3.05, 3.63) is 28.8 Å². The fraction of sp³-hybridized carbons (Fsp3) is 0.562. The monoisotopic (exact) mass is 453 g/mol. The van der Waals surface area contributed by atoms with E-state index in [9.17, 15) is 0 Å². The minimum absolute atomic E-state index is 0. The second kappa shape index (κ2) is 10.9. The molecule has 0 amide bonds. The summed E-state index contributed by atoms with van der Waals surface area (Å²) in [6, 6.07) is 5.75. The molecule has 1 aliphatic rings. The number of hydrogen-bond acceptors (Lipinski definition) is 3. The molecule has 1 heterocycles. The summed E-state index contributed by atoms with van der Waals surface area (Å²) in [4.78, 5) is 4.22. The second-order valence-corrected chi connectivity index (χ2v) is 5.63. The predicted octanol–water partition coefficient (Wildman–Crippen LogP) is 2.85. The molecule has 2 rings (SSSR count). The quantitative estimate of drug-likeness (QED) is 0.395. The molecule has 7 heteroatoms. The van der Waals surface area contributed by atoms with Gasteiger partial charge in [-0.1, -0.05) is 17.7 Å². The molecule has 0 aliphatic carbocycles. The second-order valence-electron chi connectivity index (χ2n) is 5.22. The summed E-state index contributed by atoms with van der Waals surface area (Å²) in [7, 11) is 3.40. The van der Waals surface area contributed by atoms with Gasteiger partial charge in [-0.15, -0.1) is 24.0 Å². The number of halogens is 2. The summed E-state index contributed by atoms with van der Waals surface area (Å²) >= 11 is 6.23. The molecule has 1 atom stereocenters. The lowest BCUT2D eigenvalue weighted by atomic mass is 10.1. The molecule has 1 saturated heterocycles. The Morgan fingerprint density at radius 2 is 2.26 bits per heavy atom. The van der Waals surface area contributed by atoms with Gasteiger partial charge in [0.2, 0.25) is 0 Å². The van der Waals surface area contributed by atoms with Crippen molar-refractivity contribution in [2.75, 3.05) is 33.9 Å². The first-order valence-electron chi connectivity index (χ1n) is 7.61. The van der Waals surface area contributed by atoms with E-state index in [0.717, 1.165) is 61.3 Å². The number of nitrogens with one attached hydrogen (secondary N) is 2. The van der Waals surface area contributed by atoms with Crippen LogP contribution in [0, 0.1) is 0 Å². The number of guanidine groups is 1. The van der Waals surface area contributed by atoms with E-state index in [-0.39, 0.29) is 24.0 Å². The van der Waals surface area contributed by atoms with Crippen LogP contribution in [-0.4, -0.2) is 45.9 Å². The molecule has 1 aromatic carbocycles. The van der Waals surface area contributed by atoms with Gasteiger partial charge in [-0.2, -0.15) is 0 Å². The Morgan fingerprint density at radius 1 is 1.43 bits per heavy atom. The predicted molar refractivity (Wildman–Crippen MR) is 105 cm³/mol. The van der Waals surface area contributed by atoms with Gasteiger partial charge in [0.25, 0.3) is 0 Å². The van der Waals surface area contributed by atoms with Gasteiger partial charge in [-0.05, 0) is 37.0 Å². The number of methoxy groups -OCH3 is 1. The highest BCUT2D eigenvalue weighted by atomic mass is 127. The summed E-state index contributed by atoms with van der Waals surface area (Å²) in [5, 5.41) is 7.31. The van der Waals surface area contributed by atoms with E-state index >= 15 is 0 Å². The number of aliphatic imine (C=N–C) groups is 1. The molecule has 130 valence electrons. The Morgan fingerprint density at radius 3 is 2.87 bits per heavy atom. The zero-order chi connectivity index (χ0) is 15.8. The van der Waals surface area contributed by atoms with Crippen LogP contribution in [0.1, 0.15) is 18.4 Å². The van der Waals surface area contributed by atoms with Crippen molar-refractivity contribution in [2.45, 2.75) is 25.4 Å². The van der Waals surface area contributed by atoms with Gasteiger partial charge in [-0.3, -0.25) is 4.99 Å². The largest absolute Gasteiger partial charge is 0.497 e. The van der Waals surface area contributed by atoms with Crippen LogP contribution in [0.4, 0.5) is 0 Å². The normalized spacial score (nSPS) is 17.5. The van der Waals surface area contributed by atoms with Gasteiger partial charge in [0.1, 0.15) is 5.75 Å². The van der Waals surface area contributed by atoms with Crippen molar-refractivity contribution in [1.29, 1.82) is 0 Å². The molecule has 1 fully saturated rings. The Labute approximate surface area is 160 Å². The number of ether oxygens (including phenoxy) is 2. The van der Waals surface area contributed by atoms with Crippen molar-refractivity contribution in [3.8, 4) is 5.75 Å². The van der Waals surface area contributed by atoms with E-state index in [1.54, 1.807) is 14.2 Å². The summed E-state index contributed by atoms with van der Waals surface area (Å²) < 4.78 is 10.7. The van der Waals surface area contributed by atoms with Crippen LogP contribution in [0.2, 0.25) is 5.02 Å². The van der Waals surface area contributed by atoms with Crippen LogP contribution in [0.25, 0.3) is 0 Å². The molecule has 1 aliphatic heterocycles. The van der Waals surface area contributed by atoms with Crippen LogP contribution in [-0.2, 0) is 11.2 Å². The van der Waals surface area contributed by atoms with Crippen molar-refractivity contribution >= 4 is 41.5 Å². The maximum atomic E-state index is 6.23. The molecule has 0 aromatic heterocycles. The Balaban J connectivity index is 0.00000264. The topological polar surface area (TPSA) is 54.9 Å². The highest BCUT2D eigenvalue weighted by Crippen LogP contribution is 2.22. The third-order valence-corrected chi connectivity index (χ3v) is 4.04. The third kappa shape index (κ3) is 6.73. The minimum Gasteiger partial charge on any atom is -0.497 e. The fourth-order valence-electron chi connectivity index (χ4n) is 2.41. The SMILES string of the molecule is CN=C(NCCc1ccc(OC)cc1Cl)NCC1CCCO1.I. The van der Waals surface area contributed by atoms with Crippen LogP contribution in [0.5, 0.6) is 5.75 Å². The van der Waals surface area contributed by atoms with Crippen molar-refractivity contribution in [1.82, 2.24) is 10.6 Å². The maximum Gasteiger partial charge on any atom is 0.191 e. The fourth-order valence-corrected chi connectivity index (χ4v) is 2.67. The Hall–Kier alpha value is -0.730. The molecule has 0 radical (unpaired) electrons. The lowest BCUT2D eigenvalue weighted by Crippen LogP contribution is -2.41. The minimum atomic E-state index is 0. The van der Waals surface area contributed by atoms with Gasteiger partial charge in [0.15, 0.2) is 5.96 Å². The van der Waals surface area contributed by atoms with E-state index in [1.807, 2.05) is 18.2 Å². The summed E-state index contributed by atoms with van der Waals surface area (Å²) in [5.74, 6) is 1.57. The van der Waals surface area contributed by atoms with Gasteiger partial charge < -0.3 is 20.1 Å². The molecule has 1 unspecified atom stereocenters. The molecule has 0 spiro atoms. The van der Waals surface area contributed by atoms with E-state index in [2.05, 4.69) is 15.6 Å². The number of nitrogens with zero attached hydrogens (tertiary/aromatic N) is 1.